The van der Waals surface area contributed by atoms with E-state index in [4.69, 9.17) is 14.2 Å². The number of hydrogen-bond acceptors (Lipinski definition) is 7. The molecule has 0 saturated carbocycles. The number of hydrogen-bond donors (Lipinski definition) is 1. The Bertz CT molecular complexity index is 2430. The lowest BCUT2D eigenvalue weighted by Gasteiger charge is -2.39. The number of ether oxygens (including phenoxy) is 3. The average molecular weight is 803 g/mol. The van der Waals surface area contributed by atoms with Gasteiger partial charge in [0.05, 0.1) is 38.6 Å². The predicted molar refractivity (Wildman–Crippen MR) is 235 cm³/mol. The zero-order valence-corrected chi connectivity index (χ0v) is 34.0. The smallest absolute Gasteiger partial charge is 0.302 e. The molecule has 306 valence electrons. The van der Waals surface area contributed by atoms with Gasteiger partial charge in [-0.2, -0.15) is 0 Å². The SMILES string of the molecule is C=CCC(OC(C)=O)[C@@H]1[C@@H](N(Cc2ccc(-c3ccccc3)cc2)C(=O)Cc2ccc(OC)cc2)c2cc(OCCCO)ccc2N1C(=O)Cc1ccc2ccccc2c1. The molecule has 60 heavy (non-hydrogen) atoms. The maximum atomic E-state index is 15.1. The molecule has 6 aromatic carbocycles. The third kappa shape index (κ3) is 9.59. The van der Waals surface area contributed by atoms with Crippen LogP contribution < -0.4 is 14.4 Å². The summed E-state index contributed by atoms with van der Waals surface area (Å²) in [5.41, 5.74) is 5.87. The van der Waals surface area contributed by atoms with Gasteiger partial charge in [-0.1, -0.05) is 115 Å². The molecule has 2 amide bonds. The standard InChI is InChI=1S/C51H50N2O7/c1-4-11-47(60-35(2)55)51-50(52(48(56)31-36-19-24-43(58-3)25-20-36)34-37-16-21-41(22-17-37)39-12-6-5-7-13-39)45-33-44(59-29-10-28-54)26-27-46(45)53(51)49(57)32-38-18-23-40-14-8-9-15-42(40)30-38/h4-9,12-27,30,33,47,50-51,54H,1,10-11,28-29,31-32,34H2,2-3H3/t47?,50-,51+/m0/s1. The fourth-order valence-electron chi connectivity index (χ4n) is 8.08. The minimum atomic E-state index is -0.867. The first-order valence-corrected chi connectivity index (χ1v) is 20.3. The van der Waals surface area contributed by atoms with Gasteiger partial charge in [-0.15, -0.1) is 6.58 Å². The first kappa shape index (κ1) is 41.4. The van der Waals surface area contributed by atoms with Gasteiger partial charge in [0.1, 0.15) is 17.6 Å². The van der Waals surface area contributed by atoms with E-state index in [2.05, 4.69) is 18.7 Å². The monoisotopic (exact) mass is 802 g/mol. The molecule has 9 heteroatoms. The van der Waals surface area contributed by atoms with Crippen molar-refractivity contribution in [2.24, 2.45) is 0 Å². The maximum absolute atomic E-state index is 15.1. The summed E-state index contributed by atoms with van der Waals surface area (Å²) in [5.74, 6) is 0.276. The van der Waals surface area contributed by atoms with E-state index in [9.17, 15) is 9.90 Å². The number of methoxy groups -OCH3 is 1. The molecular formula is C51H50N2O7. The summed E-state index contributed by atoms with van der Waals surface area (Å²) in [5, 5.41) is 11.6. The number of aliphatic hydroxyl groups is 1. The highest BCUT2D eigenvalue weighted by molar-refractivity contribution is 5.99. The molecule has 1 heterocycles. The number of carbonyl (C=O) groups is 3. The number of nitrogens with zero attached hydrogens (tertiary/aromatic N) is 2. The molecule has 0 aliphatic carbocycles. The van der Waals surface area contributed by atoms with Crippen LogP contribution in [0.25, 0.3) is 21.9 Å². The molecular weight excluding hydrogens is 753 g/mol. The van der Waals surface area contributed by atoms with Gasteiger partial charge in [-0.05, 0) is 68.9 Å². The molecule has 0 fully saturated rings. The number of benzene rings is 6. The number of amides is 2. The van der Waals surface area contributed by atoms with E-state index in [0.717, 1.165) is 38.6 Å². The van der Waals surface area contributed by atoms with Crippen LogP contribution in [0.4, 0.5) is 5.69 Å². The van der Waals surface area contributed by atoms with Crippen molar-refractivity contribution >= 4 is 34.2 Å². The third-order valence-corrected chi connectivity index (χ3v) is 10.9. The Hall–Kier alpha value is -6.71. The Morgan fingerprint density at radius 1 is 0.767 bits per heavy atom. The van der Waals surface area contributed by atoms with Gasteiger partial charge in [-0.25, -0.2) is 0 Å². The van der Waals surface area contributed by atoms with Crippen molar-refractivity contribution in [3.05, 3.63) is 174 Å². The Morgan fingerprint density at radius 2 is 1.43 bits per heavy atom. The minimum absolute atomic E-state index is 0.0327. The topological polar surface area (TPSA) is 106 Å². The van der Waals surface area contributed by atoms with Crippen molar-refractivity contribution in [1.82, 2.24) is 4.90 Å². The minimum Gasteiger partial charge on any atom is -0.497 e. The van der Waals surface area contributed by atoms with Crippen LogP contribution in [0.5, 0.6) is 11.5 Å². The Labute approximate surface area is 351 Å². The highest BCUT2D eigenvalue weighted by Crippen LogP contribution is 2.48. The van der Waals surface area contributed by atoms with E-state index in [1.54, 1.807) is 24.2 Å². The molecule has 1 unspecified atom stereocenters. The summed E-state index contributed by atoms with van der Waals surface area (Å²) in [6, 6.07) is 43.5. The van der Waals surface area contributed by atoms with E-state index in [0.29, 0.717) is 29.2 Å². The number of anilines is 1. The fraction of sp³-hybridized carbons (Fsp3) is 0.235. The lowest BCUT2D eigenvalue weighted by molar-refractivity contribution is -0.149. The van der Waals surface area contributed by atoms with Crippen LogP contribution >= 0.6 is 0 Å². The first-order chi connectivity index (χ1) is 29.3. The number of esters is 1. The molecule has 0 saturated heterocycles. The van der Waals surface area contributed by atoms with Crippen molar-refractivity contribution in [1.29, 1.82) is 0 Å². The molecule has 0 spiro atoms. The maximum Gasteiger partial charge on any atom is 0.302 e. The number of aliphatic hydroxyl groups excluding tert-OH is 1. The van der Waals surface area contributed by atoms with Gasteiger partial charge in [0.2, 0.25) is 11.8 Å². The lowest BCUT2D eigenvalue weighted by Crippen LogP contribution is -2.53. The zero-order valence-electron chi connectivity index (χ0n) is 34.0. The molecule has 0 radical (unpaired) electrons. The quantitative estimate of drug-likeness (QED) is 0.0558. The van der Waals surface area contributed by atoms with Crippen LogP contribution in [0.15, 0.2) is 152 Å². The Kier molecular flexibility index (Phi) is 13.4. The number of fused-ring (bicyclic) bond motifs is 2. The third-order valence-electron chi connectivity index (χ3n) is 10.9. The normalized spacial score (nSPS) is 14.9. The molecule has 1 aliphatic rings. The van der Waals surface area contributed by atoms with Crippen molar-refractivity contribution in [2.45, 2.75) is 57.3 Å². The van der Waals surface area contributed by atoms with Gasteiger partial charge in [0.15, 0.2) is 0 Å². The molecule has 1 N–H and O–H groups in total. The molecule has 1 aliphatic heterocycles. The van der Waals surface area contributed by atoms with Crippen LogP contribution in [0, 0.1) is 0 Å². The second-order valence-corrected chi connectivity index (χ2v) is 15.0. The van der Waals surface area contributed by atoms with Gasteiger partial charge in [0.25, 0.3) is 0 Å². The number of carbonyl (C=O) groups excluding carboxylic acids is 3. The first-order valence-electron chi connectivity index (χ1n) is 20.3. The van der Waals surface area contributed by atoms with Crippen molar-refractivity contribution in [2.75, 3.05) is 25.2 Å². The van der Waals surface area contributed by atoms with Crippen LogP contribution in [-0.4, -0.2) is 60.3 Å². The molecule has 0 aromatic heterocycles. The molecule has 6 aromatic rings. The molecule has 9 nitrogen and oxygen atoms in total. The van der Waals surface area contributed by atoms with E-state index in [1.165, 1.54) is 6.92 Å². The summed E-state index contributed by atoms with van der Waals surface area (Å²) in [6.07, 6.45) is 1.58. The zero-order chi connectivity index (χ0) is 42.0. The summed E-state index contributed by atoms with van der Waals surface area (Å²) in [6.45, 7) is 5.78. The molecule has 0 bridgehead atoms. The Morgan fingerprint density at radius 3 is 2.13 bits per heavy atom. The van der Waals surface area contributed by atoms with Crippen molar-refractivity contribution in [3.63, 3.8) is 0 Å². The predicted octanol–water partition coefficient (Wildman–Crippen LogP) is 9.05. The van der Waals surface area contributed by atoms with Crippen LogP contribution in [-0.2, 0) is 38.5 Å². The summed E-state index contributed by atoms with van der Waals surface area (Å²) < 4.78 is 17.6. The second-order valence-electron chi connectivity index (χ2n) is 15.0. The lowest BCUT2D eigenvalue weighted by atomic mass is 9.93. The largest absolute Gasteiger partial charge is 0.497 e. The summed E-state index contributed by atoms with van der Waals surface area (Å²) >= 11 is 0. The van der Waals surface area contributed by atoms with Crippen LogP contribution in [0.2, 0.25) is 0 Å². The molecule has 7 rings (SSSR count). The van der Waals surface area contributed by atoms with Crippen molar-refractivity contribution in [3.8, 4) is 22.6 Å². The second kappa shape index (κ2) is 19.4. The van der Waals surface area contributed by atoms with Gasteiger partial charge < -0.3 is 29.1 Å². The van der Waals surface area contributed by atoms with E-state index < -0.39 is 24.2 Å². The average Bonchev–Trinajstić information content (AvgIpc) is 3.60. The van der Waals surface area contributed by atoms with Gasteiger partial charge in [-0.3, -0.25) is 14.4 Å². The van der Waals surface area contributed by atoms with E-state index >= 15 is 9.59 Å². The fourth-order valence-corrected chi connectivity index (χ4v) is 8.08. The molecule has 3 atom stereocenters. The summed E-state index contributed by atoms with van der Waals surface area (Å²) in [7, 11) is 1.60. The van der Waals surface area contributed by atoms with E-state index in [1.807, 2.05) is 126 Å². The highest BCUT2D eigenvalue weighted by atomic mass is 16.5. The summed E-state index contributed by atoms with van der Waals surface area (Å²) in [4.78, 5) is 46.5. The highest BCUT2D eigenvalue weighted by Gasteiger charge is 2.50. The van der Waals surface area contributed by atoms with Crippen molar-refractivity contribution < 1.29 is 33.7 Å². The number of rotatable bonds is 17. The Balaban J connectivity index is 1.37. The van der Waals surface area contributed by atoms with Crippen LogP contribution in [0.1, 0.15) is 48.1 Å². The van der Waals surface area contributed by atoms with Gasteiger partial charge >= 0.3 is 5.97 Å². The van der Waals surface area contributed by atoms with Crippen LogP contribution in [0.3, 0.4) is 0 Å². The van der Waals surface area contributed by atoms with Gasteiger partial charge in [0, 0.05) is 44.2 Å². The van der Waals surface area contributed by atoms with E-state index in [-0.39, 0.29) is 50.8 Å².